The van der Waals surface area contributed by atoms with Crippen molar-refractivity contribution in [1.82, 2.24) is 9.55 Å². The molecule has 2 heterocycles. The molecule has 2 aromatic rings. The summed E-state index contributed by atoms with van der Waals surface area (Å²) in [4.78, 5) is 5.19. The van der Waals surface area contributed by atoms with Gasteiger partial charge in [0.1, 0.15) is 6.07 Å². The Labute approximate surface area is 98.0 Å². The summed E-state index contributed by atoms with van der Waals surface area (Å²) in [7, 11) is 0. The third-order valence-electron chi connectivity index (χ3n) is 2.53. The van der Waals surface area contributed by atoms with E-state index in [1.54, 1.807) is 23.7 Å². The number of hydrogen-bond acceptors (Lipinski definition) is 4. The van der Waals surface area contributed by atoms with E-state index in [2.05, 4.69) is 24.0 Å². The van der Waals surface area contributed by atoms with E-state index in [1.165, 1.54) is 10.4 Å². The van der Waals surface area contributed by atoms with Crippen LogP contribution in [0.25, 0.3) is 0 Å². The molecule has 0 aliphatic carbocycles. The van der Waals surface area contributed by atoms with Crippen LogP contribution in [0.2, 0.25) is 0 Å². The summed E-state index contributed by atoms with van der Waals surface area (Å²) in [5.74, 6) is 0.406. The molecule has 5 heteroatoms. The van der Waals surface area contributed by atoms with Crippen LogP contribution in [0.1, 0.15) is 22.3 Å². The molecular formula is C11H12N4S. The van der Waals surface area contributed by atoms with Gasteiger partial charge in [0.05, 0.1) is 6.04 Å². The number of imidazole rings is 1. The highest BCUT2D eigenvalue weighted by Gasteiger charge is 2.18. The van der Waals surface area contributed by atoms with Crippen molar-refractivity contribution in [2.45, 2.75) is 13.0 Å². The van der Waals surface area contributed by atoms with Gasteiger partial charge in [-0.2, -0.15) is 5.26 Å². The van der Waals surface area contributed by atoms with Gasteiger partial charge in [0.2, 0.25) is 5.82 Å². The predicted octanol–water partition coefficient (Wildman–Crippen LogP) is 1.67. The highest BCUT2D eigenvalue weighted by molar-refractivity contribution is 7.10. The summed E-state index contributed by atoms with van der Waals surface area (Å²) in [5.41, 5.74) is 7.00. The number of thiophene rings is 1. The molecule has 1 unspecified atom stereocenters. The molecule has 2 aromatic heterocycles. The largest absolute Gasteiger partial charge is 0.328 e. The highest BCUT2D eigenvalue weighted by atomic mass is 32.1. The van der Waals surface area contributed by atoms with Gasteiger partial charge in [0, 0.05) is 23.8 Å². The molecule has 4 nitrogen and oxygen atoms in total. The minimum atomic E-state index is 0.0112. The molecule has 0 radical (unpaired) electrons. The summed E-state index contributed by atoms with van der Waals surface area (Å²) in [6.45, 7) is 2.52. The summed E-state index contributed by atoms with van der Waals surface area (Å²) in [5, 5.41) is 11.0. The molecule has 16 heavy (non-hydrogen) atoms. The van der Waals surface area contributed by atoms with Gasteiger partial charge >= 0.3 is 0 Å². The van der Waals surface area contributed by atoms with E-state index < -0.39 is 0 Å². The second-order valence-corrected chi connectivity index (χ2v) is 4.44. The first-order valence-electron chi connectivity index (χ1n) is 4.95. The second kappa shape index (κ2) is 4.47. The lowest BCUT2D eigenvalue weighted by Gasteiger charge is -2.16. The van der Waals surface area contributed by atoms with Crippen LogP contribution >= 0.6 is 11.3 Å². The lowest BCUT2D eigenvalue weighted by Crippen LogP contribution is -2.20. The van der Waals surface area contributed by atoms with E-state index >= 15 is 0 Å². The first kappa shape index (κ1) is 10.9. The van der Waals surface area contributed by atoms with Crippen LogP contribution in [0.15, 0.2) is 23.8 Å². The Morgan fingerprint density at radius 1 is 1.69 bits per heavy atom. The minimum Gasteiger partial charge on any atom is -0.328 e. The van der Waals surface area contributed by atoms with Crippen LogP contribution < -0.4 is 5.73 Å². The van der Waals surface area contributed by atoms with Crippen LogP contribution in [-0.2, 0) is 0 Å². The average molecular weight is 232 g/mol. The zero-order chi connectivity index (χ0) is 11.5. The Morgan fingerprint density at radius 2 is 2.50 bits per heavy atom. The van der Waals surface area contributed by atoms with Crippen molar-refractivity contribution in [2.24, 2.45) is 5.73 Å². The van der Waals surface area contributed by atoms with E-state index in [4.69, 9.17) is 11.0 Å². The van der Waals surface area contributed by atoms with Gasteiger partial charge in [-0.15, -0.1) is 11.3 Å². The van der Waals surface area contributed by atoms with E-state index in [-0.39, 0.29) is 6.04 Å². The molecule has 0 saturated carbocycles. The third-order valence-corrected chi connectivity index (χ3v) is 3.65. The van der Waals surface area contributed by atoms with Gasteiger partial charge < -0.3 is 10.3 Å². The van der Waals surface area contributed by atoms with Crippen molar-refractivity contribution < 1.29 is 0 Å². The molecule has 0 aliphatic rings. The van der Waals surface area contributed by atoms with Crippen molar-refractivity contribution >= 4 is 11.3 Å². The number of nitriles is 1. The number of nitrogens with two attached hydrogens (primary N) is 1. The number of rotatable bonds is 3. The normalized spacial score (nSPS) is 12.3. The van der Waals surface area contributed by atoms with E-state index in [9.17, 15) is 0 Å². The van der Waals surface area contributed by atoms with Gasteiger partial charge in [-0.1, -0.05) is 0 Å². The maximum absolute atomic E-state index is 8.95. The standard InChI is InChI=1S/C11H12N4S/c1-8-2-5-16-11(8)9(6-12)15-4-3-14-10(15)7-13/h2-5,9H,6,12H2,1H3. The van der Waals surface area contributed by atoms with Crippen LogP contribution in [-0.4, -0.2) is 16.1 Å². The monoisotopic (exact) mass is 232 g/mol. The number of aromatic nitrogens is 2. The zero-order valence-electron chi connectivity index (χ0n) is 8.92. The van der Waals surface area contributed by atoms with Gasteiger partial charge in [0.25, 0.3) is 0 Å². The lowest BCUT2D eigenvalue weighted by molar-refractivity contribution is 0.594. The van der Waals surface area contributed by atoms with Crippen molar-refractivity contribution in [3.8, 4) is 6.07 Å². The summed E-state index contributed by atoms with van der Waals surface area (Å²) < 4.78 is 1.83. The second-order valence-electron chi connectivity index (χ2n) is 3.49. The topological polar surface area (TPSA) is 67.6 Å². The maximum atomic E-state index is 8.95. The SMILES string of the molecule is Cc1ccsc1C(CN)n1ccnc1C#N. The molecule has 0 aromatic carbocycles. The van der Waals surface area contributed by atoms with Crippen molar-refractivity contribution in [1.29, 1.82) is 5.26 Å². The quantitative estimate of drug-likeness (QED) is 0.875. The fourth-order valence-electron chi connectivity index (χ4n) is 1.72. The lowest BCUT2D eigenvalue weighted by atomic mass is 10.1. The number of aryl methyl sites for hydroxylation is 1. The molecule has 0 saturated heterocycles. The van der Waals surface area contributed by atoms with Crippen LogP contribution in [0, 0.1) is 18.3 Å². The first-order chi connectivity index (χ1) is 7.77. The highest BCUT2D eigenvalue weighted by Crippen LogP contribution is 2.27. The molecule has 0 bridgehead atoms. The third kappa shape index (κ3) is 1.73. The van der Waals surface area contributed by atoms with Crippen LogP contribution in [0.3, 0.4) is 0 Å². The van der Waals surface area contributed by atoms with Gasteiger partial charge in [-0.3, -0.25) is 0 Å². The molecule has 0 spiro atoms. The zero-order valence-corrected chi connectivity index (χ0v) is 9.74. The van der Waals surface area contributed by atoms with E-state index in [1.807, 2.05) is 9.95 Å². The Bertz CT molecular complexity index is 520. The van der Waals surface area contributed by atoms with Crippen molar-refractivity contribution in [2.75, 3.05) is 6.54 Å². The Hall–Kier alpha value is -1.64. The van der Waals surface area contributed by atoms with Gasteiger partial charge in [-0.25, -0.2) is 4.98 Å². The smallest absolute Gasteiger partial charge is 0.213 e. The van der Waals surface area contributed by atoms with E-state index in [0.29, 0.717) is 12.4 Å². The van der Waals surface area contributed by atoms with Gasteiger partial charge in [-0.05, 0) is 23.9 Å². The van der Waals surface area contributed by atoms with Gasteiger partial charge in [0.15, 0.2) is 0 Å². The van der Waals surface area contributed by atoms with Crippen molar-refractivity contribution in [3.63, 3.8) is 0 Å². The Balaban J connectivity index is 2.45. The fourth-order valence-corrected chi connectivity index (χ4v) is 2.76. The summed E-state index contributed by atoms with van der Waals surface area (Å²) in [6, 6.07) is 4.15. The molecule has 1 atom stereocenters. The molecule has 2 rings (SSSR count). The molecule has 2 N–H and O–H groups in total. The molecule has 82 valence electrons. The average Bonchev–Trinajstić information content (AvgIpc) is 2.90. The molecule has 0 fully saturated rings. The summed E-state index contributed by atoms with van der Waals surface area (Å²) in [6.07, 6.45) is 3.43. The Kier molecular flexibility index (Phi) is 3.04. The summed E-state index contributed by atoms with van der Waals surface area (Å²) >= 11 is 1.66. The first-order valence-corrected chi connectivity index (χ1v) is 5.83. The number of nitrogens with zero attached hydrogens (tertiary/aromatic N) is 3. The fraction of sp³-hybridized carbons (Fsp3) is 0.273. The predicted molar refractivity (Wildman–Crippen MR) is 63.2 cm³/mol. The van der Waals surface area contributed by atoms with Crippen LogP contribution in [0.4, 0.5) is 0 Å². The minimum absolute atomic E-state index is 0.0112. The van der Waals surface area contributed by atoms with Crippen molar-refractivity contribution in [3.05, 3.63) is 40.1 Å². The Morgan fingerprint density at radius 3 is 3.06 bits per heavy atom. The molecule has 0 aliphatic heterocycles. The number of hydrogen-bond donors (Lipinski definition) is 1. The molecule has 0 amide bonds. The maximum Gasteiger partial charge on any atom is 0.213 e. The molecular weight excluding hydrogens is 220 g/mol. The van der Waals surface area contributed by atoms with E-state index in [0.717, 1.165) is 0 Å². The van der Waals surface area contributed by atoms with Crippen LogP contribution in [0.5, 0.6) is 0 Å².